The van der Waals surface area contributed by atoms with Crippen LogP contribution in [-0.2, 0) is 0 Å². The zero-order valence-corrected chi connectivity index (χ0v) is 12.3. The van der Waals surface area contributed by atoms with Crippen molar-refractivity contribution in [3.05, 3.63) is 33.6 Å². The predicted molar refractivity (Wildman–Crippen MR) is 77.1 cm³/mol. The SMILES string of the molecule is CCNC(=O)Nc1cc2c(F)c(Br)cc(Cl)c2cn1. The molecule has 0 bridgehead atoms. The number of halogens is 3. The van der Waals surface area contributed by atoms with E-state index in [1.165, 1.54) is 18.3 Å². The highest BCUT2D eigenvalue weighted by Gasteiger charge is 2.11. The van der Waals surface area contributed by atoms with Crippen molar-refractivity contribution >= 4 is 50.2 Å². The molecule has 4 nitrogen and oxygen atoms in total. The number of hydrogen-bond donors (Lipinski definition) is 2. The summed E-state index contributed by atoms with van der Waals surface area (Å²) in [4.78, 5) is 15.4. The number of amides is 2. The van der Waals surface area contributed by atoms with Crippen LogP contribution in [0.15, 0.2) is 22.8 Å². The van der Waals surface area contributed by atoms with E-state index < -0.39 is 11.8 Å². The second kappa shape index (κ2) is 5.71. The molecule has 0 radical (unpaired) electrons. The van der Waals surface area contributed by atoms with E-state index in [-0.39, 0.29) is 10.3 Å². The molecule has 0 aliphatic carbocycles. The van der Waals surface area contributed by atoms with Crippen LogP contribution < -0.4 is 10.6 Å². The molecule has 0 fully saturated rings. The number of carbonyl (C=O) groups is 1. The fraction of sp³-hybridized carbons (Fsp3) is 0.167. The van der Waals surface area contributed by atoms with Crippen LogP contribution in [0.25, 0.3) is 10.8 Å². The molecule has 1 heterocycles. The van der Waals surface area contributed by atoms with Crippen LogP contribution >= 0.6 is 27.5 Å². The summed E-state index contributed by atoms with van der Waals surface area (Å²) in [6.07, 6.45) is 1.43. The quantitative estimate of drug-likeness (QED) is 0.810. The Morgan fingerprint density at radius 3 is 2.89 bits per heavy atom. The van der Waals surface area contributed by atoms with Gasteiger partial charge in [0.25, 0.3) is 0 Å². The molecule has 0 aliphatic heterocycles. The molecular weight excluding hydrogens is 337 g/mol. The van der Waals surface area contributed by atoms with Gasteiger partial charge in [-0.3, -0.25) is 5.32 Å². The van der Waals surface area contributed by atoms with Crippen molar-refractivity contribution in [3.8, 4) is 0 Å². The molecule has 0 atom stereocenters. The molecule has 2 aromatic rings. The Hall–Kier alpha value is -1.40. The van der Waals surface area contributed by atoms with E-state index in [0.29, 0.717) is 22.3 Å². The van der Waals surface area contributed by atoms with E-state index in [4.69, 9.17) is 11.6 Å². The first-order valence-corrected chi connectivity index (χ1v) is 6.68. The highest BCUT2D eigenvalue weighted by molar-refractivity contribution is 9.10. The molecule has 0 aliphatic rings. The Labute approximate surface area is 122 Å². The molecule has 1 aromatic heterocycles. The monoisotopic (exact) mass is 345 g/mol. The van der Waals surface area contributed by atoms with Crippen LogP contribution in [0.1, 0.15) is 6.92 Å². The molecule has 1 aromatic carbocycles. The van der Waals surface area contributed by atoms with Crippen LogP contribution in [0.4, 0.5) is 15.0 Å². The summed E-state index contributed by atoms with van der Waals surface area (Å²) in [5.41, 5.74) is 0. The Bertz CT molecular complexity index is 650. The van der Waals surface area contributed by atoms with Crippen molar-refractivity contribution in [1.29, 1.82) is 0 Å². The summed E-state index contributed by atoms with van der Waals surface area (Å²) in [7, 11) is 0. The van der Waals surface area contributed by atoms with Crippen LogP contribution in [0.5, 0.6) is 0 Å². The lowest BCUT2D eigenvalue weighted by Gasteiger charge is -2.08. The minimum atomic E-state index is -0.444. The van der Waals surface area contributed by atoms with E-state index in [1.54, 1.807) is 6.92 Å². The number of fused-ring (bicyclic) bond motifs is 1. The van der Waals surface area contributed by atoms with E-state index in [9.17, 15) is 9.18 Å². The normalized spacial score (nSPS) is 10.5. The second-order valence-corrected chi connectivity index (χ2v) is 5.02. The van der Waals surface area contributed by atoms with Gasteiger partial charge < -0.3 is 5.32 Å². The maximum Gasteiger partial charge on any atom is 0.320 e. The number of anilines is 1. The zero-order valence-electron chi connectivity index (χ0n) is 9.93. The summed E-state index contributed by atoms with van der Waals surface area (Å²) in [5.74, 6) is -0.188. The summed E-state index contributed by atoms with van der Waals surface area (Å²) >= 11 is 9.09. The fourth-order valence-electron chi connectivity index (χ4n) is 1.60. The van der Waals surface area contributed by atoms with E-state index >= 15 is 0 Å². The molecule has 0 spiro atoms. The Morgan fingerprint density at radius 2 is 2.21 bits per heavy atom. The number of benzene rings is 1. The average Bonchev–Trinajstić information content (AvgIpc) is 2.36. The van der Waals surface area contributed by atoms with Crippen LogP contribution in [0, 0.1) is 5.82 Å². The third kappa shape index (κ3) is 2.96. The maximum atomic E-state index is 14.0. The molecule has 2 N–H and O–H groups in total. The number of urea groups is 1. The van der Waals surface area contributed by atoms with Gasteiger partial charge in [-0.2, -0.15) is 0 Å². The number of aromatic nitrogens is 1. The summed E-state index contributed by atoms with van der Waals surface area (Å²) < 4.78 is 14.2. The standard InChI is InChI=1S/C12H10BrClFN3O/c1-2-16-12(19)18-10-3-6-7(5-17-10)9(14)4-8(13)11(6)15/h3-5H,2H2,1H3,(H2,16,17,18,19). The minimum absolute atomic E-state index is 0.256. The number of nitrogens with one attached hydrogen (secondary N) is 2. The Morgan fingerprint density at radius 1 is 1.47 bits per heavy atom. The van der Waals surface area contributed by atoms with Gasteiger partial charge in [-0.05, 0) is 35.0 Å². The fourth-order valence-corrected chi connectivity index (χ4v) is 2.43. The van der Waals surface area contributed by atoms with E-state index in [1.807, 2.05) is 0 Å². The van der Waals surface area contributed by atoms with Crippen LogP contribution in [0.3, 0.4) is 0 Å². The lowest BCUT2D eigenvalue weighted by atomic mass is 10.1. The lowest BCUT2D eigenvalue weighted by molar-refractivity contribution is 0.252. The highest BCUT2D eigenvalue weighted by atomic mass is 79.9. The molecule has 0 saturated heterocycles. The van der Waals surface area contributed by atoms with Gasteiger partial charge in [0, 0.05) is 23.5 Å². The number of nitrogens with zero attached hydrogens (tertiary/aromatic N) is 1. The van der Waals surface area contributed by atoms with Crippen molar-refractivity contribution in [2.45, 2.75) is 6.92 Å². The van der Waals surface area contributed by atoms with Gasteiger partial charge in [-0.1, -0.05) is 11.6 Å². The first-order chi connectivity index (χ1) is 9.02. The number of carbonyl (C=O) groups excluding carboxylic acids is 1. The summed E-state index contributed by atoms with van der Waals surface area (Å²) in [5, 5.41) is 6.25. The predicted octanol–water partition coefficient (Wildman–Crippen LogP) is 3.93. The third-order valence-corrected chi connectivity index (χ3v) is 3.33. The van der Waals surface area contributed by atoms with Gasteiger partial charge in [0.15, 0.2) is 0 Å². The van der Waals surface area contributed by atoms with E-state index in [0.717, 1.165) is 0 Å². The van der Waals surface area contributed by atoms with Gasteiger partial charge in [0.1, 0.15) is 11.6 Å². The lowest BCUT2D eigenvalue weighted by Crippen LogP contribution is -2.28. The zero-order chi connectivity index (χ0) is 14.0. The third-order valence-electron chi connectivity index (χ3n) is 2.44. The molecule has 19 heavy (non-hydrogen) atoms. The number of hydrogen-bond acceptors (Lipinski definition) is 2. The van der Waals surface area contributed by atoms with Crippen molar-refractivity contribution in [1.82, 2.24) is 10.3 Å². The van der Waals surface area contributed by atoms with Crippen molar-refractivity contribution in [3.63, 3.8) is 0 Å². The highest BCUT2D eigenvalue weighted by Crippen LogP contribution is 2.32. The smallest absolute Gasteiger partial charge is 0.320 e. The molecule has 100 valence electrons. The van der Waals surface area contributed by atoms with E-state index in [2.05, 4.69) is 31.5 Å². The minimum Gasteiger partial charge on any atom is -0.338 e. The van der Waals surface area contributed by atoms with Crippen molar-refractivity contribution in [2.24, 2.45) is 0 Å². The van der Waals surface area contributed by atoms with Gasteiger partial charge >= 0.3 is 6.03 Å². The van der Waals surface area contributed by atoms with Gasteiger partial charge in [-0.25, -0.2) is 14.2 Å². The first kappa shape index (κ1) is 14.0. The van der Waals surface area contributed by atoms with Gasteiger partial charge in [-0.15, -0.1) is 0 Å². The first-order valence-electron chi connectivity index (χ1n) is 5.51. The largest absolute Gasteiger partial charge is 0.338 e. The van der Waals surface area contributed by atoms with Crippen LogP contribution in [-0.4, -0.2) is 17.6 Å². The number of rotatable bonds is 2. The van der Waals surface area contributed by atoms with Gasteiger partial charge in [0.05, 0.1) is 9.50 Å². The van der Waals surface area contributed by atoms with Crippen LogP contribution in [0.2, 0.25) is 5.02 Å². The summed E-state index contributed by atoms with van der Waals surface area (Å²) in [6, 6.07) is 2.52. The topological polar surface area (TPSA) is 54.0 Å². The molecule has 0 saturated carbocycles. The Kier molecular flexibility index (Phi) is 4.21. The average molecular weight is 347 g/mol. The van der Waals surface area contributed by atoms with Crippen molar-refractivity contribution < 1.29 is 9.18 Å². The second-order valence-electron chi connectivity index (χ2n) is 3.75. The Balaban J connectivity index is 2.45. The molecule has 2 amide bonds. The summed E-state index contributed by atoms with van der Waals surface area (Å²) in [6.45, 7) is 2.29. The molecule has 2 rings (SSSR count). The van der Waals surface area contributed by atoms with Gasteiger partial charge in [0.2, 0.25) is 0 Å². The molecule has 7 heteroatoms. The number of pyridine rings is 1. The maximum absolute atomic E-state index is 14.0. The molecule has 0 unspecified atom stereocenters. The van der Waals surface area contributed by atoms with Crippen molar-refractivity contribution in [2.75, 3.05) is 11.9 Å². The molecular formula is C12H10BrClFN3O.